The standard InChI is InChI=1S/C19H18N2O3/c1-3-21-17(20-15-9-5-4-8-14(15)19(21)23)12-11-13-7-6-10-16(24-2)18(13)22/h4-12,22H,3H2,1-2H3/b12-11+. The van der Waals surface area contributed by atoms with Gasteiger partial charge >= 0.3 is 0 Å². The van der Waals surface area contributed by atoms with Crippen molar-refractivity contribution in [2.45, 2.75) is 13.5 Å². The number of methoxy groups -OCH3 is 1. The van der Waals surface area contributed by atoms with E-state index in [2.05, 4.69) is 4.98 Å². The maximum absolute atomic E-state index is 12.6. The first-order chi connectivity index (χ1) is 11.7. The van der Waals surface area contributed by atoms with Crippen LogP contribution in [0, 0.1) is 0 Å². The summed E-state index contributed by atoms with van der Waals surface area (Å²) in [6, 6.07) is 12.5. The number of ether oxygens (including phenoxy) is 1. The molecule has 0 fully saturated rings. The molecule has 0 atom stereocenters. The Balaban J connectivity index is 2.12. The molecule has 0 bridgehead atoms. The highest BCUT2D eigenvalue weighted by molar-refractivity contribution is 5.79. The number of hydrogen-bond acceptors (Lipinski definition) is 4. The Bertz CT molecular complexity index is 974. The van der Waals surface area contributed by atoms with E-state index in [9.17, 15) is 9.90 Å². The van der Waals surface area contributed by atoms with Gasteiger partial charge in [0, 0.05) is 12.1 Å². The van der Waals surface area contributed by atoms with Crippen LogP contribution in [0.1, 0.15) is 18.3 Å². The topological polar surface area (TPSA) is 64.3 Å². The van der Waals surface area contributed by atoms with Gasteiger partial charge in [0.25, 0.3) is 5.56 Å². The molecule has 1 N–H and O–H groups in total. The Hall–Kier alpha value is -3.08. The smallest absolute Gasteiger partial charge is 0.261 e. The zero-order valence-electron chi connectivity index (χ0n) is 13.6. The predicted octanol–water partition coefficient (Wildman–Crippen LogP) is 3.30. The summed E-state index contributed by atoms with van der Waals surface area (Å²) in [5.74, 6) is 1.00. The number of aromatic nitrogens is 2. The first-order valence-electron chi connectivity index (χ1n) is 7.69. The molecule has 2 aromatic carbocycles. The first kappa shape index (κ1) is 15.8. The molecule has 5 heteroatoms. The number of phenols is 1. The molecule has 3 rings (SSSR count). The number of benzene rings is 2. The number of phenolic OH excluding ortho intramolecular Hbond substituents is 1. The molecule has 0 aliphatic rings. The van der Waals surface area contributed by atoms with Gasteiger partial charge in [-0.25, -0.2) is 4.98 Å². The quantitative estimate of drug-likeness (QED) is 0.800. The van der Waals surface area contributed by atoms with E-state index < -0.39 is 0 Å². The number of rotatable bonds is 4. The van der Waals surface area contributed by atoms with Crippen molar-refractivity contribution in [3.05, 3.63) is 64.2 Å². The third kappa shape index (κ3) is 2.76. The SMILES string of the molecule is CCn1c(/C=C/c2cccc(OC)c2O)nc2ccccc2c1=O. The number of fused-ring (bicyclic) bond motifs is 1. The largest absolute Gasteiger partial charge is 0.504 e. The summed E-state index contributed by atoms with van der Waals surface area (Å²) in [6.07, 6.45) is 3.45. The monoisotopic (exact) mass is 322 g/mol. The van der Waals surface area contributed by atoms with Crippen molar-refractivity contribution in [1.82, 2.24) is 9.55 Å². The van der Waals surface area contributed by atoms with Crippen LogP contribution >= 0.6 is 0 Å². The lowest BCUT2D eigenvalue weighted by Crippen LogP contribution is -2.22. The molecule has 1 heterocycles. The molecule has 0 amide bonds. The maximum Gasteiger partial charge on any atom is 0.261 e. The minimum atomic E-state index is -0.0717. The second-order valence-electron chi connectivity index (χ2n) is 5.27. The predicted molar refractivity (Wildman–Crippen MR) is 95.3 cm³/mol. The van der Waals surface area contributed by atoms with Crippen molar-refractivity contribution in [2.24, 2.45) is 0 Å². The van der Waals surface area contributed by atoms with E-state index in [-0.39, 0.29) is 11.3 Å². The molecule has 0 saturated heterocycles. The summed E-state index contributed by atoms with van der Waals surface area (Å²) in [6.45, 7) is 2.42. The van der Waals surface area contributed by atoms with Gasteiger partial charge in [-0.1, -0.05) is 24.3 Å². The number of hydrogen-bond donors (Lipinski definition) is 1. The van der Waals surface area contributed by atoms with Crippen LogP contribution in [-0.2, 0) is 6.54 Å². The Labute approximate surface area is 139 Å². The van der Waals surface area contributed by atoms with Crippen molar-refractivity contribution >= 4 is 23.1 Å². The number of para-hydroxylation sites is 2. The van der Waals surface area contributed by atoms with E-state index >= 15 is 0 Å². The molecule has 24 heavy (non-hydrogen) atoms. The molecule has 5 nitrogen and oxygen atoms in total. The van der Waals surface area contributed by atoms with Crippen LogP contribution in [0.5, 0.6) is 11.5 Å². The van der Waals surface area contributed by atoms with Gasteiger partial charge in [0.2, 0.25) is 0 Å². The molecule has 0 aliphatic heterocycles. The highest BCUT2D eigenvalue weighted by Crippen LogP contribution is 2.30. The summed E-state index contributed by atoms with van der Waals surface area (Å²) in [5.41, 5.74) is 1.18. The third-order valence-corrected chi connectivity index (χ3v) is 3.87. The van der Waals surface area contributed by atoms with Crippen LogP contribution in [0.15, 0.2) is 47.3 Å². The van der Waals surface area contributed by atoms with E-state index in [0.29, 0.717) is 34.6 Å². The van der Waals surface area contributed by atoms with Crippen LogP contribution in [0.2, 0.25) is 0 Å². The fourth-order valence-corrected chi connectivity index (χ4v) is 2.62. The van der Waals surface area contributed by atoms with Crippen LogP contribution in [0.3, 0.4) is 0 Å². The Morgan fingerprint density at radius 3 is 2.71 bits per heavy atom. The van der Waals surface area contributed by atoms with Crippen molar-refractivity contribution in [1.29, 1.82) is 0 Å². The Morgan fingerprint density at radius 2 is 1.96 bits per heavy atom. The number of aromatic hydroxyl groups is 1. The maximum atomic E-state index is 12.6. The van der Waals surface area contributed by atoms with Crippen LogP contribution in [0.4, 0.5) is 0 Å². The minimum absolute atomic E-state index is 0.0578. The van der Waals surface area contributed by atoms with Gasteiger partial charge < -0.3 is 9.84 Å². The van der Waals surface area contributed by atoms with Gasteiger partial charge in [0.05, 0.1) is 18.0 Å². The zero-order valence-corrected chi connectivity index (χ0v) is 13.6. The van der Waals surface area contributed by atoms with Crippen molar-refractivity contribution in [3.8, 4) is 11.5 Å². The van der Waals surface area contributed by atoms with Crippen LogP contribution in [-0.4, -0.2) is 21.8 Å². The molecular formula is C19H18N2O3. The van der Waals surface area contributed by atoms with E-state index in [1.807, 2.05) is 25.1 Å². The third-order valence-electron chi connectivity index (χ3n) is 3.87. The lowest BCUT2D eigenvalue weighted by Gasteiger charge is -2.09. The highest BCUT2D eigenvalue weighted by Gasteiger charge is 2.08. The molecule has 1 aromatic heterocycles. The normalized spacial score (nSPS) is 11.2. The summed E-state index contributed by atoms with van der Waals surface area (Å²) < 4.78 is 6.71. The minimum Gasteiger partial charge on any atom is -0.504 e. The molecule has 0 spiro atoms. The molecule has 0 saturated carbocycles. The van der Waals surface area contributed by atoms with Gasteiger partial charge in [0.15, 0.2) is 11.5 Å². The van der Waals surface area contributed by atoms with Crippen LogP contribution < -0.4 is 10.3 Å². The summed E-state index contributed by atoms with van der Waals surface area (Å²) >= 11 is 0. The van der Waals surface area contributed by atoms with E-state index in [4.69, 9.17) is 4.74 Å². The average Bonchev–Trinajstić information content (AvgIpc) is 2.61. The van der Waals surface area contributed by atoms with Crippen molar-refractivity contribution in [3.63, 3.8) is 0 Å². The molecule has 0 unspecified atom stereocenters. The van der Waals surface area contributed by atoms with Gasteiger partial charge in [-0.2, -0.15) is 0 Å². The fraction of sp³-hybridized carbons (Fsp3) is 0.158. The van der Waals surface area contributed by atoms with Crippen LogP contribution in [0.25, 0.3) is 23.1 Å². The van der Waals surface area contributed by atoms with Crippen molar-refractivity contribution < 1.29 is 9.84 Å². The highest BCUT2D eigenvalue weighted by atomic mass is 16.5. The van der Waals surface area contributed by atoms with E-state index in [1.165, 1.54) is 7.11 Å². The lowest BCUT2D eigenvalue weighted by molar-refractivity contribution is 0.373. The van der Waals surface area contributed by atoms with Gasteiger partial charge in [-0.05, 0) is 37.3 Å². The zero-order chi connectivity index (χ0) is 17.1. The molecule has 122 valence electrons. The lowest BCUT2D eigenvalue weighted by atomic mass is 10.1. The first-order valence-corrected chi connectivity index (χ1v) is 7.69. The van der Waals surface area contributed by atoms with Gasteiger partial charge in [-0.15, -0.1) is 0 Å². The Kier molecular flexibility index (Phi) is 4.33. The molecular weight excluding hydrogens is 304 g/mol. The fourth-order valence-electron chi connectivity index (χ4n) is 2.62. The van der Waals surface area contributed by atoms with E-state index in [1.54, 1.807) is 41.0 Å². The second-order valence-corrected chi connectivity index (χ2v) is 5.27. The molecule has 0 aliphatic carbocycles. The van der Waals surface area contributed by atoms with Gasteiger partial charge in [-0.3, -0.25) is 9.36 Å². The summed E-state index contributed by atoms with van der Waals surface area (Å²) in [7, 11) is 1.50. The summed E-state index contributed by atoms with van der Waals surface area (Å²) in [5, 5.41) is 10.8. The second kappa shape index (κ2) is 6.58. The molecule has 0 radical (unpaired) electrons. The summed E-state index contributed by atoms with van der Waals surface area (Å²) in [4.78, 5) is 17.1. The average molecular weight is 322 g/mol. The Morgan fingerprint density at radius 1 is 1.17 bits per heavy atom. The van der Waals surface area contributed by atoms with Gasteiger partial charge in [0.1, 0.15) is 5.82 Å². The van der Waals surface area contributed by atoms with Crippen molar-refractivity contribution in [2.75, 3.05) is 7.11 Å². The van der Waals surface area contributed by atoms with E-state index in [0.717, 1.165) is 0 Å². The number of nitrogens with zero attached hydrogens (tertiary/aromatic N) is 2. The molecule has 3 aromatic rings.